The molecule has 2 aliphatic rings. The number of rotatable bonds is 8. The van der Waals surface area contributed by atoms with Gasteiger partial charge >= 0.3 is 12.2 Å². The van der Waals surface area contributed by atoms with Gasteiger partial charge in [-0.3, -0.25) is 9.69 Å². The molecule has 2 aromatic carbocycles. The van der Waals surface area contributed by atoms with Gasteiger partial charge in [0.15, 0.2) is 5.82 Å². The summed E-state index contributed by atoms with van der Waals surface area (Å²) in [7, 11) is 0. The van der Waals surface area contributed by atoms with Gasteiger partial charge in [-0.1, -0.05) is 37.3 Å². The first-order chi connectivity index (χ1) is 19.2. The number of alkyl halides is 3. The van der Waals surface area contributed by atoms with Crippen molar-refractivity contribution in [2.24, 2.45) is 0 Å². The molecule has 2 amide bonds. The zero-order valence-electron chi connectivity index (χ0n) is 22.5. The average Bonchev–Trinajstić information content (AvgIpc) is 3.30. The molecule has 0 spiro atoms. The van der Waals surface area contributed by atoms with Crippen LogP contribution in [0.25, 0.3) is 10.9 Å². The van der Waals surface area contributed by atoms with Crippen LogP contribution in [0.15, 0.2) is 48.5 Å². The number of fused-ring (bicyclic) bond motifs is 1. The van der Waals surface area contributed by atoms with E-state index in [9.17, 15) is 22.8 Å². The van der Waals surface area contributed by atoms with Crippen molar-refractivity contribution in [1.82, 2.24) is 25.3 Å². The Kier molecular flexibility index (Phi) is 8.30. The number of carbonyl (C=O) groups excluding carboxylic acids is 2. The number of halogens is 3. The number of nitrogens with one attached hydrogen (secondary N) is 3. The van der Waals surface area contributed by atoms with Gasteiger partial charge in [-0.25, -0.2) is 4.79 Å². The summed E-state index contributed by atoms with van der Waals surface area (Å²) in [6.07, 6.45) is 0.763. The van der Waals surface area contributed by atoms with Gasteiger partial charge in [0.2, 0.25) is 5.91 Å². The van der Waals surface area contributed by atoms with Crippen LogP contribution in [-0.2, 0) is 11.0 Å². The number of hydrogen-bond donors (Lipinski definition) is 3. The average molecular weight is 557 g/mol. The topological polar surface area (TPSA) is 91.3 Å². The molecule has 1 saturated carbocycles. The fourth-order valence-corrected chi connectivity index (χ4v) is 5.73. The molecule has 1 aromatic heterocycles. The number of carbonyl (C=O) groups is 2. The summed E-state index contributed by atoms with van der Waals surface area (Å²) < 4.78 is 41.1. The predicted molar refractivity (Wildman–Crippen MR) is 147 cm³/mol. The Morgan fingerprint density at radius 1 is 1.02 bits per heavy atom. The summed E-state index contributed by atoms with van der Waals surface area (Å²) in [6.45, 7) is 3.70. The number of nitrogens with zero attached hydrogens (tertiary/aromatic N) is 3. The van der Waals surface area contributed by atoms with E-state index in [4.69, 9.17) is 0 Å². The third-order valence-corrected chi connectivity index (χ3v) is 7.90. The zero-order chi connectivity index (χ0) is 28.3. The zero-order valence-corrected chi connectivity index (χ0v) is 22.5. The van der Waals surface area contributed by atoms with Crippen LogP contribution in [0.2, 0.25) is 0 Å². The van der Waals surface area contributed by atoms with Crippen LogP contribution in [-0.4, -0.2) is 64.9 Å². The summed E-state index contributed by atoms with van der Waals surface area (Å²) in [5.41, 5.74) is 0.783. The van der Waals surface area contributed by atoms with E-state index in [0.717, 1.165) is 42.7 Å². The van der Waals surface area contributed by atoms with Crippen molar-refractivity contribution < 1.29 is 22.8 Å². The van der Waals surface area contributed by atoms with E-state index in [1.165, 1.54) is 24.5 Å². The van der Waals surface area contributed by atoms with Crippen LogP contribution in [0, 0.1) is 0 Å². The number of anilines is 1. The van der Waals surface area contributed by atoms with Crippen molar-refractivity contribution in [3.63, 3.8) is 0 Å². The normalized spacial score (nSPS) is 20.2. The fourth-order valence-electron chi connectivity index (χ4n) is 5.73. The number of amides is 2. The molecule has 0 radical (unpaired) electrons. The predicted octanol–water partition coefficient (Wildman–Crippen LogP) is 4.96. The first kappa shape index (κ1) is 27.9. The molecule has 2 heterocycles. The van der Waals surface area contributed by atoms with Crippen LogP contribution < -0.4 is 16.0 Å². The van der Waals surface area contributed by atoms with Crippen molar-refractivity contribution in [1.29, 1.82) is 0 Å². The molecule has 3 N–H and O–H groups in total. The highest BCUT2D eigenvalue weighted by Crippen LogP contribution is 2.36. The molecule has 0 atom stereocenters. The monoisotopic (exact) mass is 556 g/mol. The highest BCUT2D eigenvalue weighted by atomic mass is 19.4. The lowest BCUT2D eigenvalue weighted by molar-refractivity contribution is -0.137. The van der Waals surface area contributed by atoms with Crippen LogP contribution in [0.3, 0.4) is 0 Å². The molecule has 8 nitrogen and oxygen atoms in total. The molecule has 1 aliphatic heterocycles. The van der Waals surface area contributed by atoms with Crippen molar-refractivity contribution in [2.75, 3.05) is 31.5 Å². The number of likely N-dealkylation sites (tertiary alicyclic amines) is 1. The minimum atomic E-state index is -4.55. The second kappa shape index (κ2) is 11.9. The van der Waals surface area contributed by atoms with Crippen LogP contribution in [0.5, 0.6) is 0 Å². The fraction of sp³-hybridized carbons (Fsp3) is 0.483. The molecule has 1 saturated heterocycles. The smallest absolute Gasteiger partial charge is 0.359 e. The van der Waals surface area contributed by atoms with Gasteiger partial charge in [0, 0.05) is 31.1 Å². The van der Waals surface area contributed by atoms with Crippen molar-refractivity contribution >= 4 is 28.7 Å². The summed E-state index contributed by atoms with van der Waals surface area (Å²) in [6, 6.07) is 13.8. The molecule has 40 heavy (non-hydrogen) atoms. The second-order valence-electron chi connectivity index (χ2n) is 10.7. The van der Waals surface area contributed by atoms with E-state index >= 15 is 0 Å². The van der Waals surface area contributed by atoms with Gasteiger partial charge in [-0.15, -0.1) is 5.10 Å². The summed E-state index contributed by atoms with van der Waals surface area (Å²) in [5.74, 6) is 0.389. The van der Waals surface area contributed by atoms with Crippen molar-refractivity contribution in [2.45, 2.75) is 63.2 Å². The van der Waals surface area contributed by atoms with Crippen molar-refractivity contribution in [3.05, 3.63) is 59.7 Å². The van der Waals surface area contributed by atoms with E-state index in [1.54, 1.807) is 0 Å². The first-order valence-corrected chi connectivity index (χ1v) is 13.9. The van der Waals surface area contributed by atoms with Crippen LogP contribution in [0.4, 0.5) is 23.8 Å². The minimum Gasteiger partial charge on any atom is -0.359 e. The minimum absolute atomic E-state index is 0.0344. The number of aromatic nitrogens is 2. The first-order valence-electron chi connectivity index (χ1n) is 13.9. The Hall–Kier alpha value is -3.60. The molecule has 1 aliphatic carbocycles. The Morgan fingerprint density at radius 2 is 1.75 bits per heavy atom. The lowest BCUT2D eigenvalue weighted by atomic mass is 9.80. The Labute approximate surface area is 231 Å². The highest BCUT2D eigenvalue weighted by molar-refractivity contribution is 5.98. The van der Waals surface area contributed by atoms with E-state index < -0.39 is 17.8 Å². The maximum atomic E-state index is 13.4. The summed E-state index contributed by atoms with van der Waals surface area (Å²) in [5, 5.41) is 12.8. The number of hydrogen-bond acceptors (Lipinski definition) is 5. The lowest BCUT2D eigenvalue weighted by Gasteiger charge is -2.46. The van der Waals surface area contributed by atoms with Crippen LogP contribution >= 0.6 is 0 Å². The molecular weight excluding hydrogens is 521 g/mol. The van der Waals surface area contributed by atoms with E-state index in [2.05, 4.69) is 50.2 Å². The molecule has 3 aromatic rings. The maximum absolute atomic E-state index is 13.4. The summed E-state index contributed by atoms with van der Waals surface area (Å²) in [4.78, 5) is 27.6. The largest absolute Gasteiger partial charge is 0.416 e. The summed E-state index contributed by atoms with van der Waals surface area (Å²) >= 11 is 0. The van der Waals surface area contributed by atoms with E-state index in [-0.39, 0.29) is 35.2 Å². The molecule has 5 rings (SSSR count). The lowest BCUT2D eigenvalue weighted by Crippen LogP contribution is -2.63. The molecule has 11 heteroatoms. The van der Waals surface area contributed by atoms with Gasteiger partial charge in [0.05, 0.1) is 23.7 Å². The third-order valence-electron chi connectivity index (χ3n) is 7.90. The standard InChI is InChI=1S/C29H35F3N6O2/c1-2-14-33-28(40)38-25-13-10-21(29(30,31)32)15-24(25)27(36-38)34-16-26(39)35-22-17-37(18-22)23-11-8-20(9-12-23)19-6-4-3-5-7-19/h3-7,10,13,15,20,22-23H,2,8-9,11-12,14,16-18H2,1H3,(H,33,40)(H,34,36)(H,35,39). The van der Waals surface area contributed by atoms with Gasteiger partial charge in [-0.2, -0.15) is 17.9 Å². The Bertz CT molecular complexity index is 1330. The van der Waals surface area contributed by atoms with Gasteiger partial charge in [0.1, 0.15) is 0 Å². The molecule has 0 unspecified atom stereocenters. The van der Waals surface area contributed by atoms with E-state index in [0.29, 0.717) is 24.9 Å². The SMILES string of the molecule is CCCNC(=O)n1nc(NCC(=O)NC2CN(C3CCC(c4ccccc4)CC3)C2)c2cc(C(F)(F)F)ccc21. The quantitative estimate of drug-likeness (QED) is 0.365. The Balaban J connectivity index is 1.14. The molecule has 214 valence electrons. The number of benzene rings is 2. The third kappa shape index (κ3) is 6.24. The van der Waals surface area contributed by atoms with Crippen molar-refractivity contribution in [3.8, 4) is 0 Å². The van der Waals surface area contributed by atoms with E-state index in [1.807, 2.05) is 13.0 Å². The van der Waals surface area contributed by atoms with Gasteiger partial charge < -0.3 is 16.0 Å². The molecule has 2 fully saturated rings. The van der Waals surface area contributed by atoms with Crippen LogP contribution in [0.1, 0.15) is 56.1 Å². The van der Waals surface area contributed by atoms with Gasteiger partial charge in [-0.05, 0) is 61.8 Å². The second-order valence-corrected chi connectivity index (χ2v) is 10.7. The maximum Gasteiger partial charge on any atom is 0.416 e. The molecular formula is C29H35F3N6O2. The Morgan fingerprint density at radius 3 is 2.42 bits per heavy atom. The van der Waals surface area contributed by atoms with Gasteiger partial charge in [0.25, 0.3) is 0 Å². The molecule has 0 bridgehead atoms. The highest BCUT2D eigenvalue weighted by Gasteiger charge is 2.35.